The SMILES string of the molecule is CCC(CC)(CC(=O)NCc1ccncn1)C(=O)O. The number of nitrogens with one attached hydrogen (secondary N) is 1. The van der Waals surface area contributed by atoms with Crippen molar-refractivity contribution in [1.29, 1.82) is 0 Å². The number of rotatable bonds is 7. The smallest absolute Gasteiger partial charge is 0.310 e. The van der Waals surface area contributed by atoms with Crippen LogP contribution in [0, 0.1) is 5.41 Å². The van der Waals surface area contributed by atoms with Crippen molar-refractivity contribution in [1.82, 2.24) is 15.3 Å². The zero-order valence-corrected chi connectivity index (χ0v) is 11.2. The van der Waals surface area contributed by atoms with Crippen molar-refractivity contribution in [3.8, 4) is 0 Å². The van der Waals surface area contributed by atoms with Gasteiger partial charge in [-0.1, -0.05) is 13.8 Å². The lowest BCUT2D eigenvalue weighted by Crippen LogP contribution is -2.36. The van der Waals surface area contributed by atoms with Gasteiger partial charge in [0.2, 0.25) is 5.91 Å². The standard InChI is InChI=1S/C13H19N3O3/c1-3-13(4-2,12(18)19)7-11(17)15-8-10-5-6-14-9-16-10/h5-6,9H,3-4,7-8H2,1-2H3,(H,15,17)(H,18,19). The molecule has 104 valence electrons. The van der Waals surface area contributed by atoms with E-state index in [1.54, 1.807) is 26.1 Å². The number of carboxylic acids is 1. The molecule has 1 heterocycles. The summed E-state index contributed by atoms with van der Waals surface area (Å²) < 4.78 is 0. The first-order valence-electron chi connectivity index (χ1n) is 6.29. The van der Waals surface area contributed by atoms with Crippen LogP contribution in [0.15, 0.2) is 18.6 Å². The molecule has 0 aliphatic carbocycles. The van der Waals surface area contributed by atoms with E-state index in [2.05, 4.69) is 15.3 Å². The summed E-state index contributed by atoms with van der Waals surface area (Å²) in [6, 6.07) is 1.70. The molecule has 0 unspecified atom stereocenters. The minimum absolute atomic E-state index is 0.0135. The zero-order chi connectivity index (χ0) is 14.3. The number of hydrogen-bond donors (Lipinski definition) is 2. The quantitative estimate of drug-likeness (QED) is 0.777. The second-order valence-electron chi connectivity index (χ2n) is 4.45. The Morgan fingerprint density at radius 2 is 2.05 bits per heavy atom. The molecule has 0 spiro atoms. The molecule has 0 saturated heterocycles. The average Bonchev–Trinajstić information content (AvgIpc) is 2.43. The van der Waals surface area contributed by atoms with Gasteiger partial charge in [0, 0.05) is 12.6 Å². The molecule has 0 radical (unpaired) electrons. The summed E-state index contributed by atoms with van der Waals surface area (Å²) in [4.78, 5) is 30.9. The minimum Gasteiger partial charge on any atom is -0.481 e. The maximum Gasteiger partial charge on any atom is 0.310 e. The first kappa shape index (κ1) is 15.1. The molecular weight excluding hydrogens is 246 g/mol. The number of carboxylic acid groups (broad SMARTS) is 1. The van der Waals surface area contributed by atoms with E-state index in [1.165, 1.54) is 6.33 Å². The largest absolute Gasteiger partial charge is 0.481 e. The molecule has 1 aromatic rings. The molecular formula is C13H19N3O3. The lowest BCUT2D eigenvalue weighted by molar-refractivity contribution is -0.152. The highest BCUT2D eigenvalue weighted by molar-refractivity contribution is 5.84. The average molecular weight is 265 g/mol. The van der Waals surface area contributed by atoms with Crippen molar-refractivity contribution in [3.63, 3.8) is 0 Å². The van der Waals surface area contributed by atoms with Gasteiger partial charge in [0.15, 0.2) is 0 Å². The van der Waals surface area contributed by atoms with Crippen LogP contribution in [-0.2, 0) is 16.1 Å². The van der Waals surface area contributed by atoms with Crippen LogP contribution in [0.3, 0.4) is 0 Å². The second kappa shape index (κ2) is 6.82. The summed E-state index contributed by atoms with van der Waals surface area (Å²) in [5.41, 5.74) is -0.285. The summed E-state index contributed by atoms with van der Waals surface area (Å²) in [5.74, 6) is -1.20. The third-order valence-electron chi connectivity index (χ3n) is 3.42. The van der Waals surface area contributed by atoms with Gasteiger partial charge in [0.25, 0.3) is 0 Å². The van der Waals surface area contributed by atoms with Gasteiger partial charge >= 0.3 is 5.97 Å². The predicted octanol–water partition coefficient (Wildman–Crippen LogP) is 1.37. The second-order valence-corrected chi connectivity index (χ2v) is 4.45. The fourth-order valence-corrected chi connectivity index (χ4v) is 1.86. The highest BCUT2D eigenvalue weighted by Crippen LogP contribution is 2.30. The summed E-state index contributed by atoms with van der Waals surface area (Å²) in [6.45, 7) is 3.86. The van der Waals surface area contributed by atoms with Gasteiger partial charge in [0.05, 0.1) is 17.7 Å². The van der Waals surface area contributed by atoms with Crippen molar-refractivity contribution >= 4 is 11.9 Å². The zero-order valence-electron chi connectivity index (χ0n) is 11.2. The maximum absolute atomic E-state index is 11.8. The number of carbonyl (C=O) groups is 2. The third-order valence-corrected chi connectivity index (χ3v) is 3.42. The van der Waals surface area contributed by atoms with E-state index >= 15 is 0 Å². The summed E-state index contributed by atoms with van der Waals surface area (Å²) >= 11 is 0. The molecule has 1 aromatic heterocycles. The van der Waals surface area contributed by atoms with Crippen LogP contribution in [0.25, 0.3) is 0 Å². The molecule has 6 heteroatoms. The van der Waals surface area contributed by atoms with Crippen molar-refractivity contribution in [2.75, 3.05) is 0 Å². The number of hydrogen-bond acceptors (Lipinski definition) is 4. The molecule has 0 saturated carbocycles. The molecule has 2 N–H and O–H groups in total. The van der Waals surface area contributed by atoms with Crippen LogP contribution in [0.5, 0.6) is 0 Å². The van der Waals surface area contributed by atoms with E-state index in [1.807, 2.05) is 0 Å². The van der Waals surface area contributed by atoms with Crippen molar-refractivity contribution in [3.05, 3.63) is 24.3 Å². The van der Waals surface area contributed by atoms with Crippen LogP contribution < -0.4 is 5.32 Å². The van der Waals surface area contributed by atoms with Gasteiger partial charge in [-0.25, -0.2) is 9.97 Å². The van der Waals surface area contributed by atoms with E-state index < -0.39 is 11.4 Å². The number of aliphatic carboxylic acids is 1. The Hall–Kier alpha value is -1.98. The van der Waals surface area contributed by atoms with E-state index in [9.17, 15) is 14.7 Å². The third kappa shape index (κ3) is 4.01. The molecule has 6 nitrogen and oxygen atoms in total. The molecule has 0 bridgehead atoms. The van der Waals surface area contributed by atoms with Gasteiger partial charge in [-0.15, -0.1) is 0 Å². The van der Waals surface area contributed by atoms with Crippen LogP contribution in [0.4, 0.5) is 0 Å². The summed E-state index contributed by atoms with van der Waals surface area (Å²) in [7, 11) is 0. The van der Waals surface area contributed by atoms with Gasteiger partial charge in [-0.2, -0.15) is 0 Å². The van der Waals surface area contributed by atoms with Crippen molar-refractivity contribution in [2.24, 2.45) is 5.41 Å². The van der Waals surface area contributed by atoms with Crippen LogP contribution >= 0.6 is 0 Å². The van der Waals surface area contributed by atoms with E-state index in [0.717, 1.165) is 0 Å². The highest BCUT2D eigenvalue weighted by Gasteiger charge is 2.36. The topological polar surface area (TPSA) is 92.2 Å². The first-order chi connectivity index (χ1) is 9.04. The van der Waals surface area contributed by atoms with Gasteiger partial charge in [-0.3, -0.25) is 9.59 Å². The van der Waals surface area contributed by atoms with E-state index in [-0.39, 0.29) is 18.9 Å². The molecule has 0 aromatic carbocycles. The maximum atomic E-state index is 11.8. The highest BCUT2D eigenvalue weighted by atomic mass is 16.4. The first-order valence-corrected chi connectivity index (χ1v) is 6.29. The summed E-state index contributed by atoms with van der Waals surface area (Å²) in [5, 5.41) is 11.9. The van der Waals surface area contributed by atoms with Crippen LogP contribution in [0.2, 0.25) is 0 Å². The number of aromatic nitrogens is 2. The predicted molar refractivity (Wildman–Crippen MR) is 69.1 cm³/mol. The fraction of sp³-hybridized carbons (Fsp3) is 0.538. The van der Waals surface area contributed by atoms with Crippen LogP contribution in [-0.4, -0.2) is 27.0 Å². The molecule has 0 aliphatic rings. The Labute approximate surface area is 112 Å². The molecule has 1 amide bonds. The van der Waals surface area contributed by atoms with Crippen molar-refractivity contribution < 1.29 is 14.7 Å². The van der Waals surface area contributed by atoms with Gasteiger partial charge in [-0.05, 0) is 18.9 Å². The van der Waals surface area contributed by atoms with Gasteiger partial charge < -0.3 is 10.4 Å². The molecule has 0 aliphatic heterocycles. The number of nitrogens with zero attached hydrogens (tertiary/aromatic N) is 2. The number of carbonyl (C=O) groups excluding carboxylic acids is 1. The lowest BCUT2D eigenvalue weighted by atomic mass is 9.79. The molecule has 0 fully saturated rings. The fourth-order valence-electron chi connectivity index (χ4n) is 1.86. The van der Waals surface area contributed by atoms with Gasteiger partial charge in [0.1, 0.15) is 6.33 Å². The van der Waals surface area contributed by atoms with E-state index in [0.29, 0.717) is 18.5 Å². The Morgan fingerprint density at radius 1 is 1.37 bits per heavy atom. The molecule has 19 heavy (non-hydrogen) atoms. The number of amides is 1. The van der Waals surface area contributed by atoms with Crippen LogP contribution in [0.1, 0.15) is 38.8 Å². The Kier molecular flexibility index (Phi) is 5.41. The summed E-state index contributed by atoms with van der Waals surface area (Å²) in [6.07, 6.45) is 3.84. The molecule has 0 atom stereocenters. The minimum atomic E-state index is -0.976. The normalized spacial score (nSPS) is 11.1. The monoisotopic (exact) mass is 265 g/mol. The lowest BCUT2D eigenvalue weighted by Gasteiger charge is -2.25. The van der Waals surface area contributed by atoms with E-state index in [4.69, 9.17) is 0 Å². The Bertz CT molecular complexity index is 430. The Balaban J connectivity index is 2.57. The Morgan fingerprint density at radius 3 is 2.53 bits per heavy atom. The molecule has 1 rings (SSSR count). The van der Waals surface area contributed by atoms with Crippen molar-refractivity contribution in [2.45, 2.75) is 39.7 Å².